The Kier molecular flexibility index (Phi) is 6.07. The average molecular weight is 375 g/mol. The highest BCUT2D eigenvalue weighted by atomic mass is 16.1. The molecule has 0 aliphatic heterocycles. The predicted octanol–water partition coefficient (Wildman–Crippen LogP) is 3.81. The maximum atomic E-state index is 12.5. The van der Waals surface area contributed by atoms with Crippen LogP contribution in [0.15, 0.2) is 42.6 Å². The maximum absolute atomic E-state index is 12.5. The summed E-state index contributed by atoms with van der Waals surface area (Å²) in [7, 11) is 0. The van der Waals surface area contributed by atoms with Gasteiger partial charge in [0.15, 0.2) is 0 Å². The van der Waals surface area contributed by atoms with Gasteiger partial charge < -0.3 is 14.8 Å². The number of anilines is 1. The largest absolute Gasteiger partial charge is 0.346 e. The molecule has 0 bridgehead atoms. The van der Waals surface area contributed by atoms with Gasteiger partial charge in [0.25, 0.3) is 5.91 Å². The van der Waals surface area contributed by atoms with Gasteiger partial charge in [-0.15, -0.1) is 0 Å². The number of pyridine rings is 1. The van der Waals surface area contributed by atoms with Gasteiger partial charge in [0.05, 0.1) is 11.3 Å². The van der Waals surface area contributed by atoms with Crippen molar-refractivity contribution in [3.05, 3.63) is 59.5 Å². The minimum atomic E-state index is -0.284. The van der Waals surface area contributed by atoms with Crippen molar-refractivity contribution in [2.45, 2.75) is 27.3 Å². The first-order valence-electron chi connectivity index (χ1n) is 9.56. The van der Waals surface area contributed by atoms with Crippen LogP contribution in [0.4, 0.5) is 5.69 Å². The zero-order valence-corrected chi connectivity index (χ0v) is 16.6. The van der Waals surface area contributed by atoms with Crippen molar-refractivity contribution in [3.63, 3.8) is 0 Å². The van der Waals surface area contributed by atoms with Crippen LogP contribution in [0.5, 0.6) is 0 Å². The first-order chi connectivity index (χ1) is 13.5. The van der Waals surface area contributed by atoms with E-state index in [9.17, 15) is 4.79 Å². The highest BCUT2D eigenvalue weighted by Crippen LogP contribution is 2.21. The Morgan fingerprint density at radius 3 is 2.68 bits per heavy atom. The fourth-order valence-electron chi connectivity index (χ4n) is 3.26. The maximum Gasteiger partial charge on any atom is 0.274 e. The molecule has 0 aliphatic rings. The summed E-state index contributed by atoms with van der Waals surface area (Å²) in [6, 6.07) is 13.2. The number of hydrogen-bond acceptors (Lipinski definition) is 4. The topological polar surface area (TPSA) is 73.9 Å². The number of nitrogens with one attached hydrogen (secondary N) is 1. The van der Waals surface area contributed by atoms with E-state index in [0.29, 0.717) is 17.0 Å². The number of aromatic nitrogens is 2. The van der Waals surface area contributed by atoms with E-state index in [2.05, 4.69) is 51.9 Å². The number of rotatable bonds is 7. The summed E-state index contributed by atoms with van der Waals surface area (Å²) in [6.07, 6.45) is 2.09. The summed E-state index contributed by atoms with van der Waals surface area (Å²) in [6.45, 7) is 10.1. The number of carbonyl (C=O) groups excluding carboxylic acids is 1. The van der Waals surface area contributed by atoms with E-state index in [-0.39, 0.29) is 5.91 Å². The number of benzene rings is 1. The van der Waals surface area contributed by atoms with Crippen LogP contribution < -0.4 is 5.32 Å². The molecule has 0 saturated heterocycles. The third kappa shape index (κ3) is 4.21. The second kappa shape index (κ2) is 8.68. The minimum Gasteiger partial charge on any atom is -0.346 e. The summed E-state index contributed by atoms with van der Waals surface area (Å²) in [5.74, 6) is -0.284. The molecule has 0 saturated carbocycles. The number of aryl methyl sites for hydroxylation is 1. The summed E-state index contributed by atoms with van der Waals surface area (Å²) in [5.41, 5.74) is 3.20. The molecule has 0 atom stereocenters. The molecule has 3 rings (SSSR count). The molecule has 2 heterocycles. The number of fused-ring (bicyclic) bond motifs is 1. The summed E-state index contributed by atoms with van der Waals surface area (Å²) in [5, 5.41) is 13.0. The van der Waals surface area contributed by atoms with Gasteiger partial charge in [0.1, 0.15) is 11.8 Å². The molecule has 0 aliphatic carbocycles. The molecule has 2 aromatic heterocycles. The molecular formula is C22H25N5O. The predicted molar refractivity (Wildman–Crippen MR) is 111 cm³/mol. The quantitative estimate of drug-likeness (QED) is 0.681. The van der Waals surface area contributed by atoms with Crippen LogP contribution in [0.1, 0.15) is 35.6 Å². The molecule has 1 aromatic carbocycles. The van der Waals surface area contributed by atoms with Crippen LogP contribution in [0.3, 0.4) is 0 Å². The molecule has 0 unspecified atom stereocenters. The molecule has 3 aromatic rings. The second-order valence-corrected chi connectivity index (χ2v) is 6.70. The van der Waals surface area contributed by atoms with E-state index in [0.717, 1.165) is 42.8 Å². The van der Waals surface area contributed by atoms with Gasteiger partial charge in [-0.25, -0.2) is 4.98 Å². The van der Waals surface area contributed by atoms with Crippen LogP contribution in [-0.2, 0) is 6.54 Å². The van der Waals surface area contributed by atoms with E-state index in [4.69, 9.17) is 5.26 Å². The number of hydrogen-bond donors (Lipinski definition) is 1. The first-order valence-corrected chi connectivity index (χ1v) is 9.56. The SMILES string of the molecule is CCN(CC)CCn1ccc2cc(NC(=O)c3ccc(C#N)c(C)n3)ccc21. The van der Waals surface area contributed by atoms with Gasteiger partial charge in [-0.2, -0.15) is 5.26 Å². The van der Waals surface area contributed by atoms with Gasteiger partial charge in [0.2, 0.25) is 0 Å². The highest BCUT2D eigenvalue weighted by Gasteiger charge is 2.11. The molecule has 0 radical (unpaired) electrons. The summed E-state index contributed by atoms with van der Waals surface area (Å²) in [4.78, 5) is 19.1. The Balaban J connectivity index is 1.73. The van der Waals surface area contributed by atoms with E-state index in [1.54, 1.807) is 19.1 Å². The summed E-state index contributed by atoms with van der Waals surface area (Å²) < 4.78 is 2.24. The lowest BCUT2D eigenvalue weighted by molar-refractivity contribution is 0.102. The Morgan fingerprint density at radius 1 is 1.21 bits per heavy atom. The number of likely N-dealkylation sites (N-methyl/N-ethyl adjacent to an activating group) is 1. The molecule has 6 heteroatoms. The smallest absolute Gasteiger partial charge is 0.274 e. The Labute approximate surface area is 165 Å². The third-order valence-electron chi connectivity index (χ3n) is 5.02. The van der Waals surface area contributed by atoms with Gasteiger partial charge in [0, 0.05) is 35.9 Å². The van der Waals surface area contributed by atoms with Gasteiger partial charge in [-0.3, -0.25) is 4.79 Å². The van der Waals surface area contributed by atoms with Crippen molar-refractivity contribution in [2.24, 2.45) is 0 Å². The van der Waals surface area contributed by atoms with Crippen LogP contribution >= 0.6 is 0 Å². The Hall–Kier alpha value is -3.17. The zero-order chi connectivity index (χ0) is 20.1. The van der Waals surface area contributed by atoms with E-state index in [1.165, 1.54) is 0 Å². The molecule has 28 heavy (non-hydrogen) atoms. The molecule has 0 fully saturated rings. The molecular weight excluding hydrogens is 350 g/mol. The normalized spacial score (nSPS) is 11.0. The zero-order valence-electron chi connectivity index (χ0n) is 16.6. The van der Waals surface area contributed by atoms with Crippen LogP contribution in [0, 0.1) is 18.3 Å². The molecule has 1 amide bonds. The molecule has 144 valence electrons. The minimum absolute atomic E-state index is 0.284. The van der Waals surface area contributed by atoms with Crippen molar-refractivity contribution in [3.8, 4) is 6.07 Å². The van der Waals surface area contributed by atoms with Crippen molar-refractivity contribution in [1.29, 1.82) is 5.26 Å². The third-order valence-corrected chi connectivity index (χ3v) is 5.02. The lowest BCUT2D eigenvalue weighted by Crippen LogP contribution is -2.26. The van der Waals surface area contributed by atoms with Crippen LogP contribution in [0.2, 0.25) is 0 Å². The fourth-order valence-corrected chi connectivity index (χ4v) is 3.26. The first kappa shape index (κ1) is 19.6. The fraction of sp³-hybridized carbons (Fsp3) is 0.318. The van der Waals surface area contributed by atoms with Gasteiger partial charge >= 0.3 is 0 Å². The number of nitrogens with zero attached hydrogens (tertiary/aromatic N) is 4. The van der Waals surface area contributed by atoms with E-state index < -0.39 is 0 Å². The van der Waals surface area contributed by atoms with Crippen molar-refractivity contribution in [1.82, 2.24) is 14.5 Å². The number of nitriles is 1. The van der Waals surface area contributed by atoms with Crippen molar-refractivity contribution in [2.75, 3.05) is 25.0 Å². The van der Waals surface area contributed by atoms with Crippen LogP contribution in [0.25, 0.3) is 10.9 Å². The van der Waals surface area contributed by atoms with Gasteiger partial charge in [-0.1, -0.05) is 13.8 Å². The number of carbonyl (C=O) groups is 1. The van der Waals surface area contributed by atoms with Crippen molar-refractivity contribution < 1.29 is 4.79 Å². The molecule has 0 spiro atoms. The van der Waals surface area contributed by atoms with Crippen molar-refractivity contribution >= 4 is 22.5 Å². The van der Waals surface area contributed by atoms with Crippen LogP contribution in [-0.4, -0.2) is 40.0 Å². The lowest BCUT2D eigenvalue weighted by Gasteiger charge is -2.18. The summed E-state index contributed by atoms with van der Waals surface area (Å²) >= 11 is 0. The average Bonchev–Trinajstić information content (AvgIpc) is 3.11. The highest BCUT2D eigenvalue weighted by molar-refractivity contribution is 6.03. The molecule has 1 N–H and O–H groups in total. The second-order valence-electron chi connectivity index (χ2n) is 6.70. The molecule has 6 nitrogen and oxygen atoms in total. The standard InChI is InChI=1S/C22H25N5O/c1-4-26(5-2)12-13-27-11-10-17-14-19(7-9-21(17)27)25-22(28)20-8-6-18(15-23)16(3)24-20/h6-11,14H,4-5,12-13H2,1-3H3,(H,25,28). The van der Waals surface area contributed by atoms with E-state index in [1.807, 2.05) is 18.2 Å². The van der Waals surface area contributed by atoms with E-state index >= 15 is 0 Å². The van der Waals surface area contributed by atoms with Gasteiger partial charge in [-0.05, 0) is 56.4 Å². The Bertz CT molecular complexity index is 1030. The Morgan fingerprint density at radius 2 is 2.00 bits per heavy atom. The monoisotopic (exact) mass is 375 g/mol. The number of amides is 1. The lowest BCUT2D eigenvalue weighted by atomic mass is 10.2.